The summed E-state index contributed by atoms with van der Waals surface area (Å²) in [5.41, 5.74) is 6.02. The van der Waals surface area contributed by atoms with E-state index in [-0.39, 0.29) is 0 Å². The minimum Gasteiger partial charge on any atom is -0.387 e. The Balaban J connectivity index is 2.61. The van der Waals surface area contributed by atoms with Crippen molar-refractivity contribution in [2.45, 2.75) is 26.0 Å². The van der Waals surface area contributed by atoms with Crippen LogP contribution in [-0.2, 0) is 6.54 Å². The maximum absolute atomic E-state index is 9.47. The van der Waals surface area contributed by atoms with Crippen LogP contribution in [0.1, 0.15) is 25.1 Å². The number of aliphatic hydroxyl groups is 1. The molecule has 0 radical (unpaired) electrons. The topological polar surface area (TPSA) is 64.1 Å². The van der Waals surface area contributed by atoms with Crippen LogP contribution in [0.2, 0.25) is 0 Å². The number of hydrogen-bond donors (Lipinski definition) is 2. The van der Waals surface area contributed by atoms with Crippen LogP contribution < -0.4 is 5.73 Å². The molecule has 0 spiro atoms. The zero-order valence-electron chi connectivity index (χ0n) is 7.27. The molecule has 0 amide bonds. The van der Waals surface area contributed by atoms with Crippen molar-refractivity contribution in [3.63, 3.8) is 0 Å². The minimum absolute atomic E-state index is 0.486. The van der Waals surface area contributed by atoms with Gasteiger partial charge in [0.1, 0.15) is 0 Å². The van der Waals surface area contributed by atoms with E-state index in [1.165, 1.54) is 0 Å². The van der Waals surface area contributed by atoms with Gasteiger partial charge in [0.2, 0.25) is 0 Å². The third kappa shape index (κ3) is 2.06. The maximum Gasteiger partial charge on any atom is 0.0990 e. The van der Waals surface area contributed by atoms with Crippen molar-refractivity contribution in [3.8, 4) is 0 Å². The molecule has 4 nitrogen and oxygen atoms in total. The number of nitrogens with two attached hydrogens (primary N) is 1. The largest absolute Gasteiger partial charge is 0.387 e. The average Bonchev–Trinajstić information content (AvgIpc) is 2.52. The van der Waals surface area contributed by atoms with Gasteiger partial charge in [-0.25, -0.2) is 0 Å². The fraction of sp³-hybridized carbons (Fsp3) is 0.625. The third-order valence-corrected chi connectivity index (χ3v) is 1.77. The molecular weight excluding hydrogens is 154 g/mol. The first kappa shape index (κ1) is 9.22. The molecule has 0 bridgehead atoms. The van der Waals surface area contributed by atoms with Crippen molar-refractivity contribution in [3.05, 3.63) is 18.0 Å². The lowest BCUT2D eigenvalue weighted by Crippen LogP contribution is -2.07. The average molecular weight is 169 g/mol. The molecule has 1 atom stereocenters. The quantitative estimate of drug-likeness (QED) is 0.680. The highest BCUT2D eigenvalue weighted by Gasteiger charge is 2.08. The first-order chi connectivity index (χ1) is 5.77. The van der Waals surface area contributed by atoms with Gasteiger partial charge in [-0.05, 0) is 26.0 Å². The van der Waals surface area contributed by atoms with Gasteiger partial charge in [-0.1, -0.05) is 0 Å². The molecule has 3 N–H and O–H groups in total. The molecule has 68 valence electrons. The maximum atomic E-state index is 9.47. The van der Waals surface area contributed by atoms with Crippen LogP contribution in [0.3, 0.4) is 0 Å². The molecule has 0 aliphatic heterocycles. The minimum atomic E-state index is -0.511. The van der Waals surface area contributed by atoms with Crippen molar-refractivity contribution in [2.75, 3.05) is 6.54 Å². The fourth-order valence-electron chi connectivity index (χ4n) is 1.04. The van der Waals surface area contributed by atoms with E-state index < -0.39 is 6.10 Å². The van der Waals surface area contributed by atoms with Crippen molar-refractivity contribution < 1.29 is 5.11 Å². The van der Waals surface area contributed by atoms with Gasteiger partial charge >= 0.3 is 0 Å². The Labute approximate surface area is 72.0 Å². The van der Waals surface area contributed by atoms with Gasteiger partial charge in [0, 0.05) is 12.7 Å². The lowest BCUT2D eigenvalue weighted by Gasteiger charge is -2.04. The highest BCUT2D eigenvalue weighted by Crippen LogP contribution is 2.12. The highest BCUT2D eigenvalue weighted by atomic mass is 16.3. The third-order valence-electron chi connectivity index (χ3n) is 1.77. The number of rotatable bonds is 4. The SMILES string of the molecule is CCn1ccc([C@@H](O)CCN)n1. The molecule has 1 heterocycles. The summed E-state index contributed by atoms with van der Waals surface area (Å²) in [4.78, 5) is 0. The Morgan fingerprint density at radius 2 is 2.50 bits per heavy atom. The second kappa shape index (κ2) is 4.23. The summed E-state index contributed by atoms with van der Waals surface area (Å²) in [6.07, 6.45) is 1.92. The van der Waals surface area contributed by atoms with E-state index in [1.54, 1.807) is 4.68 Å². The van der Waals surface area contributed by atoms with Gasteiger partial charge in [-0.3, -0.25) is 4.68 Å². The summed E-state index contributed by atoms with van der Waals surface area (Å²) in [6, 6.07) is 1.82. The molecule has 0 aliphatic carbocycles. The molecule has 0 aliphatic rings. The van der Waals surface area contributed by atoms with E-state index in [4.69, 9.17) is 5.73 Å². The van der Waals surface area contributed by atoms with Gasteiger partial charge in [0.15, 0.2) is 0 Å². The second-order valence-corrected chi connectivity index (χ2v) is 2.69. The summed E-state index contributed by atoms with van der Waals surface area (Å²) in [5.74, 6) is 0. The van der Waals surface area contributed by atoms with Crippen molar-refractivity contribution >= 4 is 0 Å². The van der Waals surface area contributed by atoms with Crippen LogP contribution >= 0.6 is 0 Å². The van der Waals surface area contributed by atoms with Crippen LogP contribution in [0.5, 0.6) is 0 Å². The summed E-state index contributed by atoms with van der Waals surface area (Å²) in [7, 11) is 0. The standard InChI is InChI=1S/C8H15N3O/c1-2-11-6-4-7(10-11)8(12)3-5-9/h4,6,8,12H,2-3,5,9H2,1H3/t8-/m0/s1. The summed E-state index contributed by atoms with van der Waals surface area (Å²) >= 11 is 0. The predicted octanol–water partition coefficient (Wildman–Crippen LogP) is 0.285. The highest BCUT2D eigenvalue weighted by molar-refractivity contribution is 5.02. The zero-order valence-corrected chi connectivity index (χ0v) is 7.27. The lowest BCUT2D eigenvalue weighted by molar-refractivity contribution is 0.164. The van der Waals surface area contributed by atoms with Crippen LogP contribution in [-0.4, -0.2) is 21.4 Å². The van der Waals surface area contributed by atoms with E-state index in [1.807, 2.05) is 19.2 Å². The van der Waals surface area contributed by atoms with Crippen molar-refractivity contribution in [2.24, 2.45) is 5.73 Å². The van der Waals surface area contributed by atoms with Gasteiger partial charge in [0.25, 0.3) is 0 Å². The molecule has 0 fully saturated rings. The van der Waals surface area contributed by atoms with Crippen LogP contribution in [0.15, 0.2) is 12.3 Å². The van der Waals surface area contributed by atoms with Gasteiger partial charge < -0.3 is 10.8 Å². The molecule has 1 rings (SSSR count). The van der Waals surface area contributed by atoms with Crippen LogP contribution in [0.25, 0.3) is 0 Å². The summed E-state index contributed by atoms with van der Waals surface area (Å²) in [6.45, 7) is 3.32. The lowest BCUT2D eigenvalue weighted by atomic mass is 10.2. The van der Waals surface area contributed by atoms with Gasteiger partial charge in [-0.15, -0.1) is 0 Å². The number of hydrogen-bond acceptors (Lipinski definition) is 3. The van der Waals surface area contributed by atoms with E-state index in [0.29, 0.717) is 18.7 Å². The van der Waals surface area contributed by atoms with Gasteiger partial charge in [-0.2, -0.15) is 5.10 Å². The normalized spacial score (nSPS) is 13.2. The Hall–Kier alpha value is -0.870. The Bertz CT molecular complexity index is 234. The van der Waals surface area contributed by atoms with Gasteiger partial charge in [0.05, 0.1) is 11.8 Å². The predicted molar refractivity (Wildman–Crippen MR) is 46.5 cm³/mol. The first-order valence-corrected chi connectivity index (χ1v) is 4.19. The van der Waals surface area contributed by atoms with E-state index in [9.17, 15) is 5.11 Å². The molecule has 1 aromatic heterocycles. The fourth-order valence-corrected chi connectivity index (χ4v) is 1.04. The van der Waals surface area contributed by atoms with Crippen molar-refractivity contribution in [1.29, 1.82) is 0 Å². The number of aromatic nitrogens is 2. The molecule has 0 aromatic carbocycles. The Morgan fingerprint density at radius 1 is 1.75 bits per heavy atom. The number of aryl methyl sites for hydroxylation is 1. The van der Waals surface area contributed by atoms with E-state index >= 15 is 0 Å². The molecule has 0 saturated carbocycles. The van der Waals surface area contributed by atoms with Crippen LogP contribution in [0, 0.1) is 0 Å². The summed E-state index contributed by atoms with van der Waals surface area (Å²) in [5, 5.41) is 13.6. The monoisotopic (exact) mass is 169 g/mol. The van der Waals surface area contributed by atoms with E-state index in [0.717, 1.165) is 6.54 Å². The number of nitrogens with zero attached hydrogens (tertiary/aromatic N) is 2. The molecule has 0 saturated heterocycles. The van der Waals surface area contributed by atoms with Crippen LogP contribution in [0.4, 0.5) is 0 Å². The zero-order chi connectivity index (χ0) is 8.97. The van der Waals surface area contributed by atoms with E-state index in [2.05, 4.69) is 5.10 Å². The molecule has 1 aromatic rings. The first-order valence-electron chi connectivity index (χ1n) is 4.19. The second-order valence-electron chi connectivity index (χ2n) is 2.69. The number of aliphatic hydroxyl groups excluding tert-OH is 1. The molecular formula is C8H15N3O. The Morgan fingerprint density at radius 3 is 3.00 bits per heavy atom. The smallest absolute Gasteiger partial charge is 0.0990 e. The summed E-state index contributed by atoms with van der Waals surface area (Å²) < 4.78 is 1.79. The van der Waals surface area contributed by atoms with Crippen molar-refractivity contribution in [1.82, 2.24) is 9.78 Å². The Kier molecular flexibility index (Phi) is 3.25. The molecule has 0 unspecified atom stereocenters. The molecule has 4 heteroatoms. The molecule has 12 heavy (non-hydrogen) atoms.